The topological polar surface area (TPSA) is 51.8 Å². The van der Waals surface area contributed by atoms with Gasteiger partial charge in [0.15, 0.2) is 0 Å². The van der Waals surface area contributed by atoms with E-state index in [2.05, 4.69) is 34.9 Å². The van der Waals surface area contributed by atoms with Gasteiger partial charge in [0.2, 0.25) is 0 Å². The minimum atomic E-state index is -2.39. The second-order valence-corrected chi connectivity index (χ2v) is 7.90. The van der Waals surface area contributed by atoms with E-state index in [1.54, 1.807) is 21.3 Å². The van der Waals surface area contributed by atoms with Crippen LogP contribution in [0.1, 0.15) is 12.0 Å². The van der Waals surface area contributed by atoms with Crippen LogP contribution in [0.4, 0.5) is 0 Å². The van der Waals surface area contributed by atoms with E-state index < -0.39 is 8.80 Å². The minimum absolute atomic E-state index is 0.834. The first-order valence-electron chi connectivity index (χ1n) is 7.37. The third-order valence-corrected chi connectivity index (χ3v) is 6.25. The summed E-state index contributed by atoms with van der Waals surface area (Å²) in [4.78, 5) is 0. The Labute approximate surface area is 129 Å². The van der Waals surface area contributed by atoms with Gasteiger partial charge in [-0.15, -0.1) is 0 Å². The Hall–Kier alpha value is -0.763. The molecule has 0 bridgehead atoms. The molecule has 6 heteroatoms. The molecule has 0 fully saturated rings. The zero-order valence-corrected chi connectivity index (χ0v) is 14.4. The minimum Gasteiger partial charge on any atom is -0.377 e. The van der Waals surface area contributed by atoms with E-state index in [4.69, 9.17) is 13.3 Å². The lowest BCUT2D eigenvalue weighted by Gasteiger charge is -2.24. The maximum atomic E-state index is 5.38. The van der Waals surface area contributed by atoms with Gasteiger partial charge in [0.05, 0.1) is 0 Å². The van der Waals surface area contributed by atoms with Gasteiger partial charge in [-0.25, -0.2) is 0 Å². The highest BCUT2D eigenvalue weighted by molar-refractivity contribution is 6.60. The van der Waals surface area contributed by atoms with E-state index in [9.17, 15) is 0 Å². The van der Waals surface area contributed by atoms with E-state index in [-0.39, 0.29) is 0 Å². The van der Waals surface area contributed by atoms with Crippen LogP contribution >= 0.6 is 0 Å². The van der Waals surface area contributed by atoms with Crippen LogP contribution in [0.5, 0.6) is 0 Å². The maximum Gasteiger partial charge on any atom is 0.500 e. The summed E-state index contributed by atoms with van der Waals surface area (Å²) >= 11 is 0. The molecule has 0 aliphatic carbocycles. The molecule has 1 rings (SSSR count). The fourth-order valence-corrected chi connectivity index (χ4v) is 3.84. The van der Waals surface area contributed by atoms with Crippen molar-refractivity contribution in [3.05, 3.63) is 35.9 Å². The summed E-state index contributed by atoms with van der Waals surface area (Å²) in [5.74, 6) is 0. The van der Waals surface area contributed by atoms with E-state index in [0.717, 1.165) is 38.6 Å². The average Bonchev–Trinajstić information content (AvgIpc) is 2.55. The lowest BCUT2D eigenvalue weighted by atomic mass is 10.2. The highest BCUT2D eigenvalue weighted by Gasteiger charge is 2.36. The third-order valence-electron chi connectivity index (χ3n) is 3.42. The van der Waals surface area contributed by atoms with Crippen LogP contribution in [-0.4, -0.2) is 49.8 Å². The van der Waals surface area contributed by atoms with Crippen LogP contribution in [0.15, 0.2) is 30.3 Å². The number of rotatable bonds is 12. The SMILES string of the molecule is CO[Si](CCCNCCNCc1ccccc1)(OC)OC. The molecule has 2 N–H and O–H groups in total. The van der Waals surface area contributed by atoms with Crippen LogP contribution in [0.3, 0.4) is 0 Å². The summed E-state index contributed by atoms with van der Waals surface area (Å²) in [7, 11) is 2.57. The van der Waals surface area contributed by atoms with Crippen LogP contribution in [-0.2, 0) is 19.8 Å². The molecule has 1 aromatic rings. The summed E-state index contributed by atoms with van der Waals surface area (Å²) in [6.07, 6.45) is 0.987. The quantitative estimate of drug-likeness (QED) is 0.454. The lowest BCUT2D eigenvalue weighted by molar-refractivity contribution is 0.123. The van der Waals surface area contributed by atoms with Gasteiger partial charge in [0.25, 0.3) is 0 Å². The van der Waals surface area contributed by atoms with Gasteiger partial charge < -0.3 is 23.9 Å². The van der Waals surface area contributed by atoms with Crippen LogP contribution in [0.25, 0.3) is 0 Å². The number of hydrogen-bond donors (Lipinski definition) is 2. The highest BCUT2D eigenvalue weighted by atomic mass is 28.4. The molecule has 0 aliphatic rings. The number of nitrogens with one attached hydrogen (secondary N) is 2. The Kier molecular flexibility index (Phi) is 9.48. The molecule has 0 unspecified atom stereocenters. The fraction of sp³-hybridized carbons (Fsp3) is 0.600. The van der Waals surface area contributed by atoms with Gasteiger partial charge in [-0.3, -0.25) is 0 Å². The van der Waals surface area contributed by atoms with Gasteiger partial charge in [0, 0.05) is 47.0 Å². The maximum absolute atomic E-state index is 5.38. The molecule has 0 heterocycles. The van der Waals surface area contributed by atoms with Gasteiger partial charge in [-0.1, -0.05) is 30.3 Å². The van der Waals surface area contributed by atoms with E-state index in [0.29, 0.717) is 0 Å². The smallest absolute Gasteiger partial charge is 0.377 e. The van der Waals surface area contributed by atoms with Crippen molar-refractivity contribution in [1.82, 2.24) is 10.6 Å². The van der Waals surface area contributed by atoms with E-state index in [1.165, 1.54) is 5.56 Å². The molecule has 0 amide bonds. The Morgan fingerprint density at radius 3 is 2.10 bits per heavy atom. The van der Waals surface area contributed by atoms with E-state index >= 15 is 0 Å². The van der Waals surface area contributed by atoms with E-state index in [1.807, 2.05) is 6.07 Å². The van der Waals surface area contributed by atoms with Crippen LogP contribution in [0.2, 0.25) is 6.04 Å². The van der Waals surface area contributed by atoms with Gasteiger partial charge >= 0.3 is 8.80 Å². The first-order chi connectivity index (χ1) is 10.3. The van der Waals surface area contributed by atoms with Crippen molar-refractivity contribution in [2.45, 2.75) is 19.0 Å². The molecular weight excluding hydrogens is 284 g/mol. The van der Waals surface area contributed by atoms with Crippen molar-refractivity contribution >= 4 is 8.80 Å². The largest absolute Gasteiger partial charge is 0.500 e. The van der Waals surface area contributed by atoms with Gasteiger partial charge in [-0.2, -0.15) is 0 Å². The van der Waals surface area contributed by atoms with Crippen molar-refractivity contribution in [1.29, 1.82) is 0 Å². The molecule has 1 aromatic carbocycles. The van der Waals surface area contributed by atoms with Crippen molar-refractivity contribution < 1.29 is 13.3 Å². The summed E-state index contributed by atoms with van der Waals surface area (Å²) < 4.78 is 16.2. The molecule has 0 aromatic heterocycles. The molecule has 0 radical (unpaired) electrons. The molecule has 0 aliphatic heterocycles. The van der Waals surface area contributed by atoms with Crippen LogP contribution in [0, 0.1) is 0 Å². The molecule has 0 saturated carbocycles. The summed E-state index contributed by atoms with van der Waals surface area (Å²) in [6, 6.07) is 11.3. The number of hydrogen-bond acceptors (Lipinski definition) is 5. The zero-order chi connectivity index (χ0) is 15.4. The summed E-state index contributed by atoms with van der Waals surface area (Å²) in [5.41, 5.74) is 1.31. The normalized spacial score (nSPS) is 11.8. The Bertz CT molecular complexity index is 353. The predicted molar refractivity (Wildman–Crippen MR) is 87.2 cm³/mol. The van der Waals surface area contributed by atoms with Crippen molar-refractivity contribution in [2.75, 3.05) is 41.0 Å². The first-order valence-corrected chi connectivity index (χ1v) is 9.30. The molecule has 5 nitrogen and oxygen atoms in total. The molecule has 0 atom stereocenters. The van der Waals surface area contributed by atoms with Crippen molar-refractivity contribution in [3.8, 4) is 0 Å². The fourth-order valence-electron chi connectivity index (χ4n) is 2.12. The summed E-state index contributed by atoms with van der Waals surface area (Å²) in [6.45, 7) is 3.76. The standard InChI is InChI=1S/C15H28N2O3Si/c1-18-21(19-2,20-3)13-7-10-16-11-12-17-14-15-8-5-4-6-9-15/h4-6,8-9,16-17H,7,10-14H2,1-3H3. The first kappa shape index (κ1) is 18.3. The van der Waals surface area contributed by atoms with Gasteiger partial charge in [0.1, 0.15) is 0 Å². The molecule has 0 saturated heterocycles. The summed E-state index contributed by atoms with van der Waals surface area (Å²) in [5, 5.41) is 6.82. The van der Waals surface area contributed by atoms with Crippen LogP contribution < -0.4 is 10.6 Å². The van der Waals surface area contributed by atoms with Crippen molar-refractivity contribution in [2.24, 2.45) is 0 Å². The monoisotopic (exact) mass is 312 g/mol. The highest BCUT2D eigenvalue weighted by Crippen LogP contribution is 2.14. The molecular formula is C15H28N2O3Si. The molecule has 120 valence electrons. The second kappa shape index (κ2) is 10.9. The zero-order valence-electron chi connectivity index (χ0n) is 13.4. The average molecular weight is 312 g/mol. The third kappa shape index (κ3) is 7.17. The second-order valence-electron chi connectivity index (χ2n) is 4.81. The van der Waals surface area contributed by atoms with Gasteiger partial charge in [-0.05, 0) is 18.5 Å². The Morgan fingerprint density at radius 2 is 1.48 bits per heavy atom. The Morgan fingerprint density at radius 1 is 0.857 bits per heavy atom. The Balaban J connectivity index is 2.00. The molecule has 0 spiro atoms. The predicted octanol–water partition coefficient (Wildman–Crippen LogP) is 1.63. The lowest BCUT2D eigenvalue weighted by Crippen LogP contribution is -2.43. The molecule has 21 heavy (non-hydrogen) atoms. The van der Waals surface area contributed by atoms with Crippen molar-refractivity contribution in [3.63, 3.8) is 0 Å². The number of benzene rings is 1.